The van der Waals surface area contributed by atoms with Crippen LogP contribution in [0.25, 0.3) is 11.5 Å². The molecule has 10 nitrogen and oxygen atoms in total. The number of rotatable bonds is 6. The van der Waals surface area contributed by atoms with Crippen molar-refractivity contribution in [1.29, 1.82) is 0 Å². The number of aromatic nitrogens is 2. The lowest BCUT2D eigenvalue weighted by Gasteiger charge is -2.09. The van der Waals surface area contributed by atoms with E-state index in [0.717, 1.165) is 11.6 Å². The Morgan fingerprint density at radius 3 is 2.45 bits per heavy atom. The van der Waals surface area contributed by atoms with Gasteiger partial charge in [0.25, 0.3) is 15.6 Å². The molecular weight excluding hydrogens is 400 g/mol. The fourth-order valence-electron chi connectivity index (χ4n) is 2.42. The minimum absolute atomic E-state index is 0.130. The molecule has 2 N–H and O–H groups in total. The summed E-state index contributed by atoms with van der Waals surface area (Å²) in [5.41, 5.74) is 0.245. The summed E-state index contributed by atoms with van der Waals surface area (Å²) in [6.07, 6.45) is 1.47. The van der Waals surface area contributed by atoms with Gasteiger partial charge in [-0.15, -0.1) is 0 Å². The summed E-state index contributed by atoms with van der Waals surface area (Å²) in [5.74, 6) is -0.791. The largest absolute Gasteiger partial charge is 0.463 e. The Bertz CT molecular complexity index is 1200. The normalized spacial score (nSPS) is 11.1. The first-order valence-corrected chi connectivity index (χ1v) is 9.78. The Balaban J connectivity index is 1.71. The molecule has 0 bridgehead atoms. The van der Waals surface area contributed by atoms with Gasteiger partial charge in [-0.05, 0) is 42.5 Å². The van der Waals surface area contributed by atoms with Gasteiger partial charge in [0, 0.05) is 18.7 Å². The van der Waals surface area contributed by atoms with Gasteiger partial charge >= 0.3 is 0 Å². The summed E-state index contributed by atoms with van der Waals surface area (Å²) >= 11 is 0. The second kappa shape index (κ2) is 8.10. The number of hydrogen-bond acceptors (Lipinski definition) is 7. The Kier molecular flexibility index (Phi) is 5.59. The first-order chi connectivity index (χ1) is 13.7. The van der Waals surface area contributed by atoms with Crippen LogP contribution in [-0.2, 0) is 26.2 Å². The van der Waals surface area contributed by atoms with E-state index in [1.165, 1.54) is 42.7 Å². The van der Waals surface area contributed by atoms with Gasteiger partial charge in [0.05, 0.1) is 11.2 Å². The van der Waals surface area contributed by atoms with E-state index in [0.29, 0.717) is 17.1 Å². The summed E-state index contributed by atoms with van der Waals surface area (Å²) in [5, 5.41) is 6.65. The summed E-state index contributed by atoms with van der Waals surface area (Å²) in [7, 11) is -3.96. The number of carbonyl (C=O) groups excluding carboxylic acids is 2. The van der Waals surface area contributed by atoms with Gasteiger partial charge in [-0.25, -0.2) is 17.8 Å². The highest BCUT2D eigenvalue weighted by molar-refractivity contribution is 7.90. The maximum atomic E-state index is 12.2. The number of sulfonamides is 1. The quantitative estimate of drug-likeness (QED) is 0.610. The predicted octanol–water partition coefficient (Wildman–Crippen LogP) is 0.967. The fourth-order valence-corrected chi connectivity index (χ4v) is 3.41. The lowest BCUT2D eigenvalue weighted by molar-refractivity contribution is -0.118. The highest BCUT2D eigenvalue weighted by Gasteiger charge is 2.15. The first-order valence-electron chi connectivity index (χ1n) is 8.30. The number of amides is 2. The van der Waals surface area contributed by atoms with Crippen molar-refractivity contribution in [1.82, 2.24) is 14.5 Å². The smallest absolute Gasteiger partial charge is 0.267 e. The summed E-state index contributed by atoms with van der Waals surface area (Å²) in [6, 6.07) is 11.3. The summed E-state index contributed by atoms with van der Waals surface area (Å²) in [6.45, 7) is 0.738. The highest BCUT2D eigenvalue weighted by atomic mass is 32.2. The molecule has 0 aliphatic rings. The molecular formula is C18H16N4O6S. The van der Waals surface area contributed by atoms with E-state index in [2.05, 4.69) is 10.4 Å². The molecule has 2 aromatic heterocycles. The zero-order chi connectivity index (χ0) is 21.0. The Hall–Kier alpha value is -3.73. The molecule has 11 heteroatoms. The Morgan fingerprint density at radius 1 is 1.10 bits per heavy atom. The van der Waals surface area contributed by atoms with Crippen LogP contribution in [0, 0.1) is 0 Å². The molecule has 29 heavy (non-hydrogen) atoms. The topological polar surface area (TPSA) is 140 Å². The first kappa shape index (κ1) is 20.0. The van der Waals surface area contributed by atoms with Gasteiger partial charge in [-0.2, -0.15) is 5.10 Å². The lowest BCUT2D eigenvalue weighted by atomic mass is 10.3. The van der Waals surface area contributed by atoms with Crippen molar-refractivity contribution < 1.29 is 22.4 Å². The van der Waals surface area contributed by atoms with Crippen molar-refractivity contribution in [2.75, 3.05) is 5.32 Å². The van der Waals surface area contributed by atoms with Gasteiger partial charge in [0.2, 0.25) is 11.8 Å². The van der Waals surface area contributed by atoms with Gasteiger partial charge in [-0.1, -0.05) is 0 Å². The second-order valence-electron chi connectivity index (χ2n) is 5.93. The molecule has 3 rings (SSSR count). The van der Waals surface area contributed by atoms with Crippen molar-refractivity contribution in [3.63, 3.8) is 0 Å². The van der Waals surface area contributed by atoms with E-state index >= 15 is 0 Å². The van der Waals surface area contributed by atoms with Gasteiger partial charge in [-0.3, -0.25) is 14.4 Å². The van der Waals surface area contributed by atoms with Crippen molar-refractivity contribution in [3.05, 3.63) is 65.1 Å². The summed E-state index contributed by atoms with van der Waals surface area (Å²) < 4.78 is 31.9. The number of furan rings is 1. The monoisotopic (exact) mass is 416 g/mol. The molecule has 150 valence electrons. The molecule has 0 aliphatic carbocycles. The van der Waals surface area contributed by atoms with Crippen LogP contribution in [0.4, 0.5) is 5.69 Å². The van der Waals surface area contributed by atoms with Crippen molar-refractivity contribution in [2.24, 2.45) is 0 Å². The van der Waals surface area contributed by atoms with Crippen LogP contribution in [0.15, 0.2) is 68.9 Å². The van der Waals surface area contributed by atoms with Gasteiger partial charge in [0.1, 0.15) is 12.2 Å². The van der Waals surface area contributed by atoms with Crippen molar-refractivity contribution in [2.45, 2.75) is 18.4 Å². The molecule has 1 aromatic carbocycles. The van der Waals surface area contributed by atoms with E-state index < -0.39 is 27.4 Å². The van der Waals surface area contributed by atoms with Crippen molar-refractivity contribution >= 4 is 27.5 Å². The molecule has 0 radical (unpaired) electrons. The van der Waals surface area contributed by atoms with E-state index in [1.807, 2.05) is 4.72 Å². The molecule has 0 aliphatic heterocycles. The Labute approximate surface area is 165 Å². The van der Waals surface area contributed by atoms with E-state index in [-0.39, 0.29) is 11.4 Å². The van der Waals surface area contributed by atoms with Crippen LogP contribution in [0.5, 0.6) is 0 Å². The number of hydrogen-bond donors (Lipinski definition) is 2. The van der Waals surface area contributed by atoms with Crippen molar-refractivity contribution in [3.8, 4) is 11.5 Å². The zero-order valence-corrected chi connectivity index (χ0v) is 16.0. The van der Waals surface area contributed by atoms with Crippen LogP contribution < -0.4 is 15.6 Å². The van der Waals surface area contributed by atoms with Crippen LogP contribution in [-0.4, -0.2) is 30.0 Å². The average molecular weight is 416 g/mol. The third-order valence-electron chi connectivity index (χ3n) is 3.66. The minimum atomic E-state index is -3.96. The van der Waals surface area contributed by atoms with Gasteiger partial charge < -0.3 is 9.73 Å². The number of benzene rings is 1. The summed E-state index contributed by atoms with van der Waals surface area (Å²) in [4.78, 5) is 35.0. The standard InChI is InChI=1S/C18H16N4O6S/c1-12(23)21-29(26,27)14-6-4-13(5-7-14)19-17(24)11-22-18(25)9-8-15(20-22)16-3-2-10-28-16/h2-10H,11H2,1H3,(H,19,24)(H,21,23). The number of nitrogens with one attached hydrogen (secondary N) is 2. The third kappa shape index (κ3) is 4.96. The van der Waals surface area contributed by atoms with E-state index in [1.54, 1.807) is 12.1 Å². The lowest BCUT2D eigenvalue weighted by Crippen LogP contribution is -2.29. The van der Waals surface area contributed by atoms with Crippen LogP contribution in [0.3, 0.4) is 0 Å². The van der Waals surface area contributed by atoms with E-state index in [4.69, 9.17) is 4.42 Å². The number of anilines is 1. The molecule has 2 heterocycles. The maximum absolute atomic E-state index is 12.2. The molecule has 2 amide bonds. The molecule has 0 fully saturated rings. The molecule has 0 unspecified atom stereocenters. The fraction of sp³-hybridized carbons (Fsp3) is 0.111. The molecule has 0 atom stereocenters. The average Bonchev–Trinajstić information content (AvgIpc) is 3.17. The Morgan fingerprint density at radius 2 is 1.83 bits per heavy atom. The molecule has 0 spiro atoms. The number of nitrogens with zero attached hydrogens (tertiary/aromatic N) is 2. The van der Waals surface area contributed by atoms with E-state index in [9.17, 15) is 22.8 Å². The SMILES string of the molecule is CC(=O)NS(=O)(=O)c1ccc(NC(=O)Cn2nc(-c3ccco3)ccc2=O)cc1. The van der Waals surface area contributed by atoms with Crippen LogP contribution in [0.1, 0.15) is 6.92 Å². The zero-order valence-electron chi connectivity index (χ0n) is 15.2. The molecule has 0 saturated carbocycles. The van der Waals surface area contributed by atoms with Gasteiger partial charge in [0.15, 0.2) is 5.76 Å². The highest BCUT2D eigenvalue weighted by Crippen LogP contribution is 2.16. The van der Waals surface area contributed by atoms with Crippen LogP contribution >= 0.6 is 0 Å². The predicted molar refractivity (Wildman–Crippen MR) is 102 cm³/mol. The second-order valence-corrected chi connectivity index (χ2v) is 7.61. The third-order valence-corrected chi connectivity index (χ3v) is 5.11. The van der Waals surface area contributed by atoms with Crippen LogP contribution in [0.2, 0.25) is 0 Å². The minimum Gasteiger partial charge on any atom is -0.463 e. The number of carbonyl (C=O) groups is 2. The molecule has 0 saturated heterocycles. The maximum Gasteiger partial charge on any atom is 0.267 e. The molecule has 3 aromatic rings.